The van der Waals surface area contributed by atoms with E-state index in [1.54, 1.807) is 16.3 Å². The number of amides is 3. The molecule has 1 saturated carbocycles. The van der Waals surface area contributed by atoms with E-state index in [1.165, 1.54) is 35.6 Å². The number of amidine groups is 1. The molecule has 1 aromatic carbocycles. The Balaban J connectivity index is 1.14. The van der Waals surface area contributed by atoms with Crippen molar-refractivity contribution in [3.63, 3.8) is 0 Å². The lowest BCUT2D eigenvalue weighted by molar-refractivity contribution is -0.139. The topological polar surface area (TPSA) is 150 Å². The third kappa shape index (κ3) is 6.22. The summed E-state index contributed by atoms with van der Waals surface area (Å²) in [5.74, 6) is -0.990. The van der Waals surface area contributed by atoms with Crippen LogP contribution in [0.25, 0.3) is 0 Å². The Labute approximate surface area is 242 Å². The summed E-state index contributed by atoms with van der Waals surface area (Å²) < 4.78 is 43.5. The molecule has 5 rings (SSSR count). The highest BCUT2D eigenvalue weighted by atomic mass is 32.1. The largest absolute Gasteiger partial charge is 0.439 e. The molecule has 0 unspecified atom stereocenters. The van der Waals surface area contributed by atoms with Crippen LogP contribution in [0.2, 0.25) is 0 Å². The minimum atomic E-state index is -4.50. The SMILES string of the molecule is C[C@@]12C[C@@H]1N(C(=O)CNC(=O)c1ccc(Oc3ccc(C(F)(F)F)cn3)cc1)[C@H](C(=O)NCc1cc(C(=N)N)cs1)C2. The van der Waals surface area contributed by atoms with Gasteiger partial charge in [0, 0.05) is 39.7 Å². The molecule has 14 heteroatoms. The van der Waals surface area contributed by atoms with Gasteiger partial charge in [0.2, 0.25) is 17.7 Å². The van der Waals surface area contributed by atoms with Crippen molar-refractivity contribution >= 4 is 34.9 Å². The highest BCUT2D eigenvalue weighted by Crippen LogP contribution is 2.59. The zero-order chi connectivity index (χ0) is 30.2. The number of fused-ring (bicyclic) bond motifs is 1. The van der Waals surface area contributed by atoms with Crippen LogP contribution in [-0.2, 0) is 22.3 Å². The number of aromatic nitrogens is 1. The smallest absolute Gasteiger partial charge is 0.417 e. The zero-order valence-corrected chi connectivity index (χ0v) is 23.1. The highest BCUT2D eigenvalue weighted by molar-refractivity contribution is 7.10. The average molecular weight is 601 g/mol. The van der Waals surface area contributed by atoms with Gasteiger partial charge in [-0.25, -0.2) is 4.98 Å². The summed E-state index contributed by atoms with van der Waals surface area (Å²) in [4.78, 5) is 45.0. The second-order valence-electron chi connectivity index (χ2n) is 10.5. The predicted octanol–water partition coefficient (Wildman–Crippen LogP) is 3.66. The number of hydrogen-bond acceptors (Lipinski definition) is 7. The Morgan fingerprint density at radius 3 is 2.50 bits per heavy atom. The van der Waals surface area contributed by atoms with Gasteiger partial charge in [0.05, 0.1) is 18.7 Å². The number of nitrogens with two attached hydrogens (primary N) is 1. The maximum absolute atomic E-state index is 13.2. The molecule has 3 amide bonds. The number of nitrogen functional groups attached to an aromatic ring is 1. The summed E-state index contributed by atoms with van der Waals surface area (Å²) >= 11 is 1.38. The van der Waals surface area contributed by atoms with Crippen molar-refractivity contribution in [2.75, 3.05) is 6.54 Å². The number of piperidine rings is 1. The van der Waals surface area contributed by atoms with E-state index >= 15 is 0 Å². The summed E-state index contributed by atoms with van der Waals surface area (Å²) in [7, 11) is 0. The fourth-order valence-corrected chi connectivity index (χ4v) is 5.84. The van der Waals surface area contributed by atoms with Crippen molar-refractivity contribution in [3.8, 4) is 11.6 Å². The number of ether oxygens (including phenoxy) is 1. The quantitative estimate of drug-likeness (QED) is 0.218. The van der Waals surface area contributed by atoms with Crippen molar-refractivity contribution in [2.24, 2.45) is 11.1 Å². The molecule has 3 aromatic rings. The van der Waals surface area contributed by atoms with Gasteiger partial charge in [-0.1, -0.05) is 6.92 Å². The first-order valence-electron chi connectivity index (χ1n) is 12.9. The lowest BCUT2D eigenvalue weighted by atomic mass is 10.0. The molecule has 2 aliphatic rings. The summed E-state index contributed by atoms with van der Waals surface area (Å²) in [5.41, 5.74) is 5.29. The van der Waals surface area contributed by atoms with E-state index in [2.05, 4.69) is 15.6 Å². The molecule has 3 heterocycles. The van der Waals surface area contributed by atoms with E-state index < -0.39 is 23.7 Å². The van der Waals surface area contributed by atoms with Crippen LogP contribution in [0.1, 0.15) is 46.1 Å². The Morgan fingerprint density at radius 2 is 1.88 bits per heavy atom. The monoisotopic (exact) mass is 600 g/mol. The number of alkyl halides is 3. The minimum absolute atomic E-state index is 0.0433. The Bertz CT molecular complexity index is 1530. The van der Waals surface area contributed by atoms with Crippen molar-refractivity contribution in [3.05, 3.63) is 75.6 Å². The standard InChI is InChI=1S/C28H27F3N6O4S/c1-27-9-20(26(40)35-12-19-8-16(14-42-19)24(32)33)37(21(27)10-27)23(38)13-36-25(39)15-2-5-18(6-3-15)41-22-7-4-17(11-34-22)28(29,30)31/h2-8,11,14,20-21H,9-10,12-13H2,1H3,(H3,32,33)(H,35,40)(H,36,39)/t20-,21-,27+/m0/s1. The fraction of sp³-hybridized carbons (Fsp3) is 0.321. The van der Waals surface area contributed by atoms with Gasteiger partial charge in [0.25, 0.3) is 5.91 Å². The first-order valence-corrected chi connectivity index (χ1v) is 13.8. The number of pyridine rings is 1. The molecule has 2 fully saturated rings. The fourth-order valence-electron chi connectivity index (χ4n) is 5.02. The summed E-state index contributed by atoms with van der Waals surface area (Å²) in [6.45, 7) is 1.99. The van der Waals surface area contributed by atoms with E-state index in [1.807, 2.05) is 6.92 Å². The molecular formula is C28H27F3N6O4S. The number of hydrogen-bond donors (Lipinski definition) is 4. The van der Waals surface area contributed by atoms with E-state index in [0.29, 0.717) is 18.2 Å². The second kappa shape index (κ2) is 11.1. The maximum atomic E-state index is 13.2. The molecule has 10 nitrogen and oxygen atoms in total. The van der Waals surface area contributed by atoms with Crippen LogP contribution < -0.4 is 21.1 Å². The molecule has 0 radical (unpaired) electrons. The number of carbonyl (C=O) groups excluding carboxylic acids is 3. The zero-order valence-electron chi connectivity index (χ0n) is 22.3. The van der Waals surface area contributed by atoms with E-state index in [0.717, 1.165) is 23.4 Å². The van der Waals surface area contributed by atoms with Crippen LogP contribution in [0.15, 0.2) is 54.0 Å². The Kier molecular flexibility index (Phi) is 7.66. The molecule has 1 aliphatic carbocycles. The number of nitrogens with zero attached hydrogens (tertiary/aromatic N) is 2. The highest BCUT2D eigenvalue weighted by Gasteiger charge is 2.64. The number of carbonyl (C=O) groups is 3. The van der Waals surface area contributed by atoms with Crippen LogP contribution in [0.3, 0.4) is 0 Å². The predicted molar refractivity (Wildman–Crippen MR) is 147 cm³/mol. The molecule has 1 aliphatic heterocycles. The van der Waals surface area contributed by atoms with Crippen molar-refractivity contribution in [1.29, 1.82) is 5.41 Å². The Hall–Kier alpha value is -4.46. The van der Waals surface area contributed by atoms with Crippen LogP contribution in [0, 0.1) is 10.8 Å². The lowest BCUT2D eigenvalue weighted by Gasteiger charge is -2.27. The number of likely N-dealkylation sites (tertiary alicyclic amines) is 1. The first-order chi connectivity index (χ1) is 19.8. The third-order valence-electron chi connectivity index (χ3n) is 7.43. The van der Waals surface area contributed by atoms with Gasteiger partial charge < -0.3 is 26.0 Å². The van der Waals surface area contributed by atoms with Gasteiger partial charge in [-0.2, -0.15) is 13.2 Å². The molecule has 3 atom stereocenters. The number of benzene rings is 1. The van der Waals surface area contributed by atoms with Crippen LogP contribution in [-0.4, -0.2) is 52.1 Å². The number of nitrogens with one attached hydrogen (secondary N) is 3. The molecule has 220 valence electrons. The minimum Gasteiger partial charge on any atom is -0.439 e. The lowest BCUT2D eigenvalue weighted by Crippen LogP contribution is -2.50. The number of rotatable bonds is 9. The van der Waals surface area contributed by atoms with Gasteiger partial charge in [0.15, 0.2) is 0 Å². The molecule has 1 saturated heterocycles. The first kappa shape index (κ1) is 29.0. The normalized spacial score (nSPS) is 20.9. The van der Waals surface area contributed by atoms with Crippen molar-refractivity contribution in [1.82, 2.24) is 20.5 Å². The van der Waals surface area contributed by atoms with E-state index in [4.69, 9.17) is 15.9 Å². The summed E-state index contributed by atoms with van der Waals surface area (Å²) in [6.07, 6.45) is -2.52. The maximum Gasteiger partial charge on any atom is 0.417 e. The van der Waals surface area contributed by atoms with E-state index in [-0.39, 0.29) is 59.4 Å². The molecular weight excluding hydrogens is 573 g/mol. The molecule has 2 aromatic heterocycles. The van der Waals surface area contributed by atoms with Gasteiger partial charge in [-0.15, -0.1) is 11.3 Å². The molecule has 0 bridgehead atoms. The van der Waals surface area contributed by atoms with Gasteiger partial charge in [-0.05, 0) is 54.7 Å². The van der Waals surface area contributed by atoms with Gasteiger partial charge in [-0.3, -0.25) is 19.8 Å². The van der Waals surface area contributed by atoms with Crippen LogP contribution in [0.5, 0.6) is 11.6 Å². The average Bonchev–Trinajstić information content (AvgIpc) is 3.26. The van der Waals surface area contributed by atoms with Crippen LogP contribution in [0.4, 0.5) is 13.2 Å². The Morgan fingerprint density at radius 1 is 1.14 bits per heavy atom. The van der Waals surface area contributed by atoms with Crippen molar-refractivity contribution in [2.45, 2.75) is 44.6 Å². The molecule has 0 spiro atoms. The van der Waals surface area contributed by atoms with E-state index in [9.17, 15) is 27.6 Å². The third-order valence-corrected chi connectivity index (χ3v) is 8.37. The van der Waals surface area contributed by atoms with Crippen molar-refractivity contribution < 1.29 is 32.3 Å². The summed E-state index contributed by atoms with van der Waals surface area (Å²) in [6, 6.07) is 8.78. The van der Waals surface area contributed by atoms with Gasteiger partial charge in [0.1, 0.15) is 17.6 Å². The summed E-state index contributed by atoms with van der Waals surface area (Å²) in [5, 5.41) is 14.7. The molecule has 5 N–H and O–H groups in total. The van der Waals surface area contributed by atoms with Gasteiger partial charge >= 0.3 is 6.18 Å². The molecule has 42 heavy (non-hydrogen) atoms. The second-order valence-corrected chi connectivity index (χ2v) is 11.5. The van der Waals surface area contributed by atoms with Crippen LogP contribution >= 0.6 is 11.3 Å². The number of thiophene rings is 1. The number of halogens is 3.